The number of nitrogens with two attached hydrogens (primary N) is 1. The largest absolute Gasteiger partial charge is 0.476 e. The zero-order valence-corrected chi connectivity index (χ0v) is 16.2. The number of aryl methyl sites for hydroxylation is 1. The smallest absolute Gasteiger partial charge is 0.215 e. The number of anilines is 2. The second-order valence-electron chi connectivity index (χ2n) is 6.99. The highest BCUT2D eigenvalue weighted by Crippen LogP contribution is 2.32. The Morgan fingerprint density at radius 3 is 2.67 bits per heavy atom. The SMILES string of the molecule is Cc1cc(F)c(N)cc1-c1cc(OCCN(C)C)nc(N2CCOCC2)c1. The third-order valence-corrected chi connectivity index (χ3v) is 4.57. The molecule has 0 aliphatic carbocycles. The number of hydrogen-bond acceptors (Lipinski definition) is 6. The maximum absolute atomic E-state index is 13.8. The van der Waals surface area contributed by atoms with Gasteiger partial charge < -0.3 is 25.0 Å². The van der Waals surface area contributed by atoms with E-state index in [4.69, 9.17) is 15.2 Å². The molecule has 1 aliphatic rings. The summed E-state index contributed by atoms with van der Waals surface area (Å²) in [7, 11) is 3.99. The number of halogens is 1. The van der Waals surface area contributed by atoms with Gasteiger partial charge in [0.05, 0.1) is 18.9 Å². The Hall–Kier alpha value is -2.38. The second kappa shape index (κ2) is 8.54. The molecule has 2 heterocycles. The molecule has 146 valence electrons. The summed E-state index contributed by atoms with van der Waals surface area (Å²) in [6, 6.07) is 7.03. The first kappa shape index (κ1) is 19.4. The van der Waals surface area contributed by atoms with Gasteiger partial charge in [0.25, 0.3) is 0 Å². The molecule has 2 N–H and O–H groups in total. The second-order valence-corrected chi connectivity index (χ2v) is 6.99. The highest BCUT2D eigenvalue weighted by atomic mass is 19.1. The van der Waals surface area contributed by atoms with Crippen molar-refractivity contribution in [3.8, 4) is 17.0 Å². The van der Waals surface area contributed by atoms with Crippen LogP contribution in [0, 0.1) is 12.7 Å². The van der Waals surface area contributed by atoms with Crippen molar-refractivity contribution < 1.29 is 13.9 Å². The lowest BCUT2D eigenvalue weighted by atomic mass is 10.00. The number of pyridine rings is 1. The van der Waals surface area contributed by atoms with E-state index in [2.05, 4.69) is 14.8 Å². The molecule has 0 atom stereocenters. The van der Waals surface area contributed by atoms with Crippen molar-refractivity contribution in [3.05, 3.63) is 35.6 Å². The van der Waals surface area contributed by atoms with Gasteiger partial charge in [-0.1, -0.05) is 0 Å². The molecule has 0 bridgehead atoms. The maximum Gasteiger partial charge on any atom is 0.215 e. The van der Waals surface area contributed by atoms with Crippen LogP contribution in [0.5, 0.6) is 5.88 Å². The quantitative estimate of drug-likeness (QED) is 0.784. The van der Waals surface area contributed by atoms with E-state index in [9.17, 15) is 4.39 Å². The molecule has 27 heavy (non-hydrogen) atoms. The maximum atomic E-state index is 13.8. The van der Waals surface area contributed by atoms with Crippen molar-refractivity contribution in [3.63, 3.8) is 0 Å². The molecule has 2 aromatic rings. The topological polar surface area (TPSA) is 63.9 Å². The molecular formula is C20H27FN4O2. The Morgan fingerprint density at radius 1 is 1.22 bits per heavy atom. The first-order valence-corrected chi connectivity index (χ1v) is 9.12. The normalized spacial score (nSPS) is 14.6. The highest BCUT2D eigenvalue weighted by molar-refractivity contribution is 5.74. The predicted molar refractivity (Wildman–Crippen MR) is 106 cm³/mol. The van der Waals surface area contributed by atoms with Gasteiger partial charge in [0.1, 0.15) is 18.2 Å². The summed E-state index contributed by atoms with van der Waals surface area (Å²) in [5.41, 5.74) is 8.55. The number of morpholine rings is 1. The van der Waals surface area contributed by atoms with Crippen LogP contribution in [-0.4, -0.2) is 63.4 Å². The van der Waals surface area contributed by atoms with Crippen LogP contribution in [0.4, 0.5) is 15.9 Å². The van der Waals surface area contributed by atoms with Crippen molar-refractivity contribution >= 4 is 11.5 Å². The lowest BCUT2D eigenvalue weighted by molar-refractivity contribution is 0.122. The zero-order chi connectivity index (χ0) is 19.4. The molecule has 6 nitrogen and oxygen atoms in total. The summed E-state index contributed by atoms with van der Waals surface area (Å²) in [4.78, 5) is 8.90. The van der Waals surface area contributed by atoms with E-state index < -0.39 is 5.82 Å². The van der Waals surface area contributed by atoms with Gasteiger partial charge in [-0.2, -0.15) is 4.98 Å². The lowest BCUT2D eigenvalue weighted by Crippen LogP contribution is -2.36. The number of hydrogen-bond donors (Lipinski definition) is 1. The van der Waals surface area contributed by atoms with E-state index in [1.165, 1.54) is 6.07 Å². The molecule has 1 saturated heterocycles. The molecule has 0 amide bonds. The van der Waals surface area contributed by atoms with E-state index in [1.807, 2.05) is 33.2 Å². The molecule has 0 spiro atoms. The van der Waals surface area contributed by atoms with Gasteiger partial charge in [0, 0.05) is 25.7 Å². The summed E-state index contributed by atoms with van der Waals surface area (Å²) >= 11 is 0. The van der Waals surface area contributed by atoms with Crippen LogP contribution < -0.4 is 15.4 Å². The van der Waals surface area contributed by atoms with Gasteiger partial charge in [0.2, 0.25) is 5.88 Å². The molecule has 0 unspecified atom stereocenters. The highest BCUT2D eigenvalue weighted by Gasteiger charge is 2.17. The van der Waals surface area contributed by atoms with Crippen LogP contribution in [-0.2, 0) is 4.74 Å². The molecule has 0 radical (unpaired) electrons. The number of nitrogens with zero attached hydrogens (tertiary/aromatic N) is 3. The minimum atomic E-state index is -0.402. The van der Waals surface area contributed by atoms with Crippen LogP contribution >= 0.6 is 0 Å². The average Bonchev–Trinajstić information content (AvgIpc) is 2.65. The summed E-state index contributed by atoms with van der Waals surface area (Å²) in [5.74, 6) is 0.984. The monoisotopic (exact) mass is 374 g/mol. The number of nitrogen functional groups attached to an aromatic ring is 1. The number of likely N-dealkylation sites (N-methyl/N-ethyl adjacent to an activating group) is 1. The van der Waals surface area contributed by atoms with E-state index in [0.29, 0.717) is 25.7 Å². The van der Waals surface area contributed by atoms with Gasteiger partial charge >= 0.3 is 0 Å². The van der Waals surface area contributed by atoms with E-state index >= 15 is 0 Å². The van der Waals surface area contributed by atoms with E-state index in [1.54, 1.807) is 6.07 Å². The molecule has 0 saturated carbocycles. The third kappa shape index (κ3) is 4.87. The number of benzene rings is 1. The summed E-state index contributed by atoms with van der Waals surface area (Å²) in [6.07, 6.45) is 0. The van der Waals surface area contributed by atoms with Gasteiger partial charge in [-0.3, -0.25) is 0 Å². The summed E-state index contributed by atoms with van der Waals surface area (Å²) in [6.45, 7) is 6.10. The fourth-order valence-corrected chi connectivity index (χ4v) is 3.01. The molecule has 1 aromatic heterocycles. The van der Waals surface area contributed by atoms with Gasteiger partial charge in [0.15, 0.2) is 0 Å². The average molecular weight is 374 g/mol. The Balaban J connectivity index is 1.97. The van der Waals surface area contributed by atoms with Crippen molar-refractivity contribution in [1.29, 1.82) is 0 Å². The first-order valence-electron chi connectivity index (χ1n) is 9.12. The van der Waals surface area contributed by atoms with Crippen LogP contribution in [0.3, 0.4) is 0 Å². The predicted octanol–water partition coefficient (Wildman–Crippen LogP) is 2.56. The van der Waals surface area contributed by atoms with Crippen molar-refractivity contribution in [2.24, 2.45) is 0 Å². The number of ether oxygens (including phenoxy) is 2. The molecular weight excluding hydrogens is 347 g/mol. The number of aromatic nitrogens is 1. The van der Waals surface area contributed by atoms with Crippen LogP contribution in [0.2, 0.25) is 0 Å². The fourth-order valence-electron chi connectivity index (χ4n) is 3.01. The Kier molecular flexibility index (Phi) is 6.13. The lowest BCUT2D eigenvalue weighted by Gasteiger charge is -2.28. The summed E-state index contributed by atoms with van der Waals surface area (Å²) < 4.78 is 25.1. The molecule has 1 aliphatic heterocycles. The molecule has 3 rings (SSSR count). The zero-order valence-electron chi connectivity index (χ0n) is 16.2. The third-order valence-electron chi connectivity index (χ3n) is 4.57. The minimum absolute atomic E-state index is 0.135. The number of rotatable bonds is 6. The first-order chi connectivity index (χ1) is 12.9. The van der Waals surface area contributed by atoms with Crippen LogP contribution in [0.25, 0.3) is 11.1 Å². The molecule has 1 fully saturated rings. The molecule has 1 aromatic carbocycles. The Labute approximate surface area is 159 Å². The van der Waals surface area contributed by atoms with Crippen molar-refractivity contribution in [2.45, 2.75) is 6.92 Å². The van der Waals surface area contributed by atoms with E-state index in [0.717, 1.165) is 42.1 Å². The van der Waals surface area contributed by atoms with E-state index in [-0.39, 0.29) is 5.69 Å². The van der Waals surface area contributed by atoms with Crippen molar-refractivity contribution in [2.75, 3.05) is 64.2 Å². The van der Waals surface area contributed by atoms with Gasteiger partial charge in [-0.05, 0) is 55.9 Å². The van der Waals surface area contributed by atoms with Crippen molar-refractivity contribution in [1.82, 2.24) is 9.88 Å². The van der Waals surface area contributed by atoms with Gasteiger partial charge in [-0.25, -0.2) is 4.39 Å². The fraction of sp³-hybridized carbons (Fsp3) is 0.450. The minimum Gasteiger partial charge on any atom is -0.476 e. The van der Waals surface area contributed by atoms with Crippen LogP contribution in [0.15, 0.2) is 24.3 Å². The summed E-state index contributed by atoms with van der Waals surface area (Å²) in [5, 5.41) is 0. The Bertz CT molecular complexity index is 792. The van der Waals surface area contributed by atoms with Gasteiger partial charge in [-0.15, -0.1) is 0 Å². The van der Waals surface area contributed by atoms with Crippen LogP contribution in [0.1, 0.15) is 5.56 Å². The standard InChI is InChI=1S/C20H27FN4O2/c1-14-10-17(21)18(22)13-16(14)15-11-19(25-5-7-26-8-6-25)23-20(12-15)27-9-4-24(2)3/h10-13H,4-9,22H2,1-3H3. The Morgan fingerprint density at radius 2 is 1.96 bits per heavy atom. The molecule has 7 heteroatoms.